The highest BCUT2D eigenvalue weighted by Gasteiger charge is 2.35. The largest absolute Gasteiger partial charge is 0.397 e. The predicted molar refractivity (Wildman–Crippen MR) is 72.0 cm³/mol. The van der Waals surface area contributed by atoms with Gasteiger partial charge in [0, 0.05) is 12.7 Å². The van der Waals surface area contributed by atoms with E-state index in [9.17, 15) is 0 Å². The summed E-state index contributed by atoms with van der Waals surface area (Å²) in [5, 5.41) is 0. The van der Waals surface area contributed by atoms with Crippen molar-refractivity contribution < 1.29 is 0 Å². The van der Waals surface area contributed by atoms with Crippen molar-refractivity contribution in [1.82, 2.24) is 9.88 Å². The van der Waals surface area contributed by atoms with Gasteiger partial charge >= 0.3 is 0 Å². The molecule has 0 spiro atoms. The van der Waals surface area contributed by atoms with Gasteiger partial charge in [-0.1, -0.05) is 13.8 Å². The quantitative estimate of drug-likeness (QED) is 0.810. The molecule has 0 saturated carbocycles. The summed E-state index contributed by atoms with van der Waals surface area (Å²) in [6, 6.07) is 2.11. The number of nitrogens with two attached hydrogens (primary N) is 1. The van der Waals surface area contributed by atoms with Crippen LogP contribution >= 0.6 is 0 Å². The minimum absolute atomic E-state index is 0.288. The highest BCUT2D eigenvalue weighted by molar-refractivity contribution is 5.45. The van der Waals surface area contributed by atoms with E-state index in [-0.39, 0.29) is 5.41 Å². The van der Waals surface area contributed by atoms with Crippen LogP contribution in [0.3, 0.4) is 0 Å². The van der Waals surface area contributed by atoms with Crippen LogP contribution in [0.2, 0.25) is 0 Å². The Balaban J connectivity index is 2.29. The summed E-state index contributed by atoms with van der Waals surface area (Å²) >= 11 is 0. The summed E-state index contributed by atoms with van der Waals surface area (Å²) < 4.78 is 0. The average Bonchev–Trinajstić information content (AvgIpc) is 2.21. The number of nitrogens with zero attached hydrogens (tertiary/aromatic N) is 2. The molecule has 1 aliphatic heterocycles. The van der Waals surface area contributed by atoms with E-state index in [1.54, 1.807) is 0 Å². The van der Waals surface area contributed by atoms with Crippen LogP contribution in [0.1, 0.15) is 37.4 Å². The molecule has 1 aromatic rings. The van der Waals surface area contributed by atoms with Crippen molar-refractivity contribution in [3.63, 3.8) is 0 Å². The zero-order chi connectivity index (χ0) is 12.6. The van der Waals surface area contributed by atoms with Gasteiger partial charge in [-0.25, -0.2) is 0 Å². The van der Waals surface area contributed by atoms with Crippen molar-refractivity contribution in [2.24, 2.45) is 5.41 Å². The molecule has 0 bridgehead atoms. The maximum absolute atomic E-state index is 5.97. The van der Waals surface area contributed by atoms with E-state index in [2.05, 4.69) is 36.8 Å². The van der Waals surface area contributed by atoms with E-state index in [4.69, 9.17) is 5.73 Å². The number of nitrogen functional groups attached to an aromatic ring is 1. The second-order valence-corrected chi connectivity index (χ2v) is 6.01. The van der Waals surface area contributed by atoms with E-state index >= 15 is 0 Å². The van der Waals surface area contributed by atoms with Gasteiger partial charge in [-0.15, -0.1) is 0 Å². The van der Waals surface area contributed by atoms with E-state index < -0.39 is 0 Å². The van der Waals surface area contributed by atoms with Gasteiger partial charge in [0.05, 0.1) is 11.4 Å². The Bertz CT molecular complexity index is 412. The van der Waals surface area contributed by atoms with E-state index in [0.29, 0.717) is 5.92 Å². The fourth-order valence-electron chi connectivity index (χ4n) is 3.00. The van der Waals surface area contributed by atoms with Gasteiger partial charge in [0.15, 0.2) is 0 Å². The second-order valence-electron chi connectivity index (χ2n) is 6.01. The second kappa shape index (κ2) is 4.30. The maximum Gasteiger partial charge on any atom is 0.0601 e. The molecule has 1 aliphatic rings. The zero-order valence-electron chi connectivity index (χ0n) is 11.3. The summed E-state index contributed by atoms with van der Waals surface area (Å²) in [6.07, 6.45) is 3.19. The third-order valence-electron chi connectivity index (χ3n) is 3.97. The fourth-order valence-corrected chi connectivity index (χ4v) is 3.00. The monoisotopic (exact) mass is 233 g/mol. The highest BCUT2D eigenvalue weighted by Crippen LogP contribution is 2.41. The average molecular weight is 233 g/mol. The molecule has 0 radical (unpaired) electrons. The maximum atomic E-state index is 5.97. The molecule has 1 fully saturated rings. The zero-order valence-corrected chi connectivity index (χ0v) is 11.3. The molecule has 2 N–H and O–H groups in total. The Kier molecular flexibility index (Phi) is 3.13. The van der Waals surface area contributed by atoms with E-state index in [0.717, 1.165) is 24.5 Å². The summed E-state index contributed by atoms with van der Waals surface area (Å²) in [5.74, 6) is 0.564. The fraction of sp³-hybridized carbons (Fsp3) is 0.643. The van der Waals surface area contributed by atoms with Crippen LogP contribution in [0, 0.1) is 12.3 Å². The number of rotatable bonds is 1. The van der Waals surface area contributed by atoms with Crippen molar-refractivity contribution in [2.45, 2.75) is 33.1 Å². The normalized spacial score (nSPS) is 24.8. The smallest absolute Gasteiger partial charge is 0.0601 e. The molecule has 3 nitrogen and oxygen atoms in total. The molecule has 1 aromatic heterocycles. The highest BCUT2D eigenvalue weighted by atomic mass is 15.1. The first-order chi connectivity index (χ1) is 7.90. The molecule has 2 rings (SSSR count). The Labute approximate surface area is 104 Å². The third-order valence-corrected chi connectivity index (χ3v) is 3.97. The minimum Gasteiger partial charge on any atom is -0.397 e. The molecule has 1 saturated heterocycles. The minimum atomic E-state index is 0.288. The first kappa shape index (κ1) is 12.4. The first-order valence-corrected chi connectivity index (χ1v) is 6.31. The Morgan fingerprint density at radius 2 is 2.18 bits per heavy atom. The third kappa shape index (κ3) is 2.44. The lowest BCUT2D eigenvalue weighted by Gasteiger charge is -2.43. The number of anilines is 1. The van der Waals surface area contributed by atoms with Gasteiger partial charge in [-0.05, 0) is 49.9 Å². The van der Waals surface area contributed by atoms with Crippen LogP contribution in [-0.2, 0) is 0 Å². The lowest BCUT2D eigenvalue weighted by molar-refractivity contribution is 0.114. The van der Waals surface area contributed by atoms with Crippen molar-refractivity contribution >= 4 is 5.69 Å². The molecule has 17 heavy (non-hydrogen) atoms. The molecule has 94 valence electrons. The predicted octanol–water partition coefficient (Wildman–Crippen LogP) is 2.42. The van der Waals surface area contributed by atoms with Crippen LogP contribution in [0.15, 0.2) is 12.3 Å². The van der Waals surface area contributed by atoms with Crippen molar-refractivity contribution in [2.75, 3.05) is 25.9 Å². The number of hydrogen-bond donors (Lipinski definition) is 1. The van der Waals surface area contributed by atoms with Gasteiger partial charge in [0.25, 0.3) is 0 Å². The first-order valence-electron chi connectivity index (χ1n) is 6.31. The molecule has 1 unspecified atom stereocenters. The summed E-state index contributed by atoms with van der Waals surface area (Å²) in [6.45, 7) is 8.92. The topological polar surface area (TPSA) is 42.2 Å². The SMILES string of the molecule is Cc1ncc(C2CCN(C)CC2(C)C)cc1N. The van der Waals surface area contributed by atoms with Crippen LogP contribution in [0.4, 0.5) is 5.69 Å². The van der Waals surface area contributed by atoms with Gasteiger partial charge < -0.3 is 10.6 Å². The Morgan fingerprint density at radius 1 is 1.47 bits per heavy atom. The molecule has 0 aliphatic carbocycles. The van der Waals surface area contributed by atoms with Crippen LogP contribution in [-0.4, -0.2) is 30.0 Å². The standard InChI is InChI=1S/C14H23N3/c1-10-13(15)7-11(8-16-10)12-5-6-17(4)9-14(12,2)3/h7-8,12H,5-6,9,15H2,1-4H3. The van der Waals surface area contributed by atoms with Gasteiger partial charge in [-0.3, -0.25) is 4.98 Å². The summed E-state index contributed by atoms with van der Waals surface area (Å²) in [4.78, 5) is 6.80. The summed E-state index contributed by atoms with van der Waals surface area (Å²) in [5.41, 5.74) is 9.30. The number of likely N-dealkylation sites (tertiary alicyclic amines) is 1. The molecular weight excluding hydrogens is 210 g/mol. The molecule has 0 amide bonds. The Hall–Kier alpha value is -1.09. The molecule has 3 heteroatoms. The Morgan fingerprint density at radius 3 is 2.76 bits per heavy atom. The number of piperidine rings is 1. The molecule has 1 atom stereocenters. The molecule has 0 aromatic carbocycles. The lowest BCUT2D eigenvalue weighted by atomic mass is 9.71. The number of aryl methyl sites for hydroxylation is 1. The van der Waals surface area contributed by atoms with E-state index in [1.807, 2.05) is 13.1 Å². The number of pyridine rings is 1. The van der Waals surface area contributed by atoms with Crippen molar-refractivity contribution in [3.05, 3.63) is 23.5 Å². The van der Waals surface area contributed by atoms with Gasteiger partial charge in [-0.2, -0.15) is 0 Å². The van der Waals surface area contributed by atoms with Crippen molar-refractivity contribution in [1.29, 1.82) is 0 Å². The number of aromatic nitrogens is 1. The van der Waals surface area contributed by atoms with Crippen LogP contribution in [0.25, 0.3) is 0 Å². The molecule has 2 heterocycles. The number of hydrogen-bond acceptors (Lipinski definition) is 3. The summed E-state index contributed by atoms with van der Waals surface area (Å²) in [7, 11) is 2.19. The van der Waals surface area contributed by atoms with Gasteiger partial charge in [0.2, 0.25) is 0 Å². The van der Waals surface area contributed by atoms with Crippen LogP contribution in [0.5, 0.6) is 0 Å². The van der Waals surface area contributed by atoms with Gasteiger partial charge in [0.1, 0.15) is 0 Å². The lowest BCUT2D eigenvalue weighted by Crippen LogP contribution is -2.42. The van der Waals surface area contributed by atoms with Crippen LogP contribution < -0.4 is 5.73 Å². The van der Waals surface area contributed by atoms with Crippen molar-refractivity contribution in [3.8, 4) is 0 Å². The van der Waals surface area contributed by atoms with E-state index in [1.165, 1.54) is 12.0 Å². The molecular formula is C14H23N3.